The van der Waals surface area contributed by atoms with Crippen molar-refractivity contribution in [3.8, 4) is 0 Å². The van der Waals surface area contributed by atoms with Crippen molar-refractivity contribution < 1.29 is 9.47 Å². The highest BCUT2D eigenvalue weighted by atomic mass is 16.5. The SMILES string of the molecule is CCCCOCCNC(=NCCOCCC(C)C)NCC. The summed E-state index contributed by atoms with van der Waals surface area (Å²) in [5, 5.41) is 6.49. The Morgan fingerprint density at radius 3 is 2.43 bits per heavy atom. The van der Waals surface area contributed by atoms with E-state index in [1.165, 1.54) is 6.42 Å². The number of nitrogens with zero attached hydrogens (tertiary/aromatic N) is 1. The minimum Gasteiger partial charge on any atom is -0.380 e. The van der Waals surface area contributed by atoms with E-state index in [1.807, 2.05) is 0 Å². The maximum atomic E-state index is 5.56. The Morgan fingerprint density at radius 2 is 1.76 bits per heavy atom. The molecule has 0 unspecified atom stereocenters. The first kappa shape index (κ1) is 20.2. The highest BCUT2D eigenvalue weighted by molar-refractivity contribution is 5.79. The highest BCUT2D eigenvalue weighted by Gasteiger charge is 1.97. The van der Waals surface area contributed by atoms with Crippen LogP contribution in [-0.4, -0.2) is 52.0 Å². The minimum atomic E-state index is 0.677. The van der Waals surface area contributed by atoms with Gasteiger partial charge in [0.1, 0.15) is 0 Å². The molecule has 2 N–H and O–H groups in total. The van der Waals surface area contributed by atoms with Crippen molar-refractivity contribution in [1.82, 2.24) is 10.6 Å². The van der Waals surface area contributed by atoms with Crippen LogP contribution in [0.5, 0.6) is 0 Å². The topological polar surface area (TPSA) is 54.9 Å². The van der Waals surface area contributed by atoms with E-state index in [1.54, 1.807) is 0 Å². The predicted octanol–water partition coefficient (Wildman–Crippen LogP) is 2.42. The van der Waals surface area contributed by atoms with Gasteiger partial charge < -0.3 is 20.1 Å². The molecule has 0 spiro atoms. The molecule has 0 aliphatic carbocycles. The summed E-state index contributed by atoms with van der Waals surface area (Å²) < 4.78 is 11.1. The summed E-state index contributed by atoms with van der Waals surface area (Å²) in [6.07, 6.45) is 3.41. The molecular weight excluding hydrogens is 266 g/mol. The third-order valence-corrected chi connectivity index (χ3v) is 2.87. The number of ether oxygens (including phenoxy) is 2. The van der Waals surface area contributed by atoms with Crippen molar-refractivity contribution in [3.05, 3.63) is 0 Å². The molecule has 0 aromatic rings. The van der Waals surface area contributed by atoms with Gasteiger partial charge in [-0.15, -0.1) is 0 Å². The lowest BCUT2D eigenvalue weighted by Crippen LogP contribution is -2.39. The second-order valence-electron chi connectivity index (χ2n) is 5.45. The fourth-order valence-electron chi connectivity index (χ4n) is 1.57. The average molecular weight is 301 g/mol. The van der Waals surface area contributed by atoms with E-state index in [0.717, 1.165) is 51.7 Å². The third kappa shape index (κ3) is 15.4. The zero-order chi connectivity index (χ0) is 15.8. The number of hydrogen-bond acceptors (Lipinski definition) is 3. The van der Waals surface area contributed by atoms with Crippen LogP contribution in [0.1, 0.15) is 47.0 Å². The molecule has 0 radical (unpaired) electrons. The highest BCUT2D eigenvalue weighted by Crippen LogP contribution is 1.98. The van der Waals surface area contributed by atoms with Gasteiger partial charge in [0.2, 0.25) is 0 Å². The van der Waals surface area contributed by atoms with Crippen molar-refractivity contribution in [1.29, 1.82) is 0 Å². The van der Waals surface area contributed by atoms with Gasteiger partial charge in [-0.1, -0.05) is 27.2 Å². The zero-order valence-electron chi connectivity index (χ0n) is 14.4. The lowest BCUT2D eigenvalue weighted by molar-refractivity contribution is 0.130. The Labute approximate surface area is 130 Å². The van der Waals surface area contributed by atoms with Crippen LogP contribution in [0.15, 0.2) is 4.99 Å². The number of aliphatic imine (C=N–C) groups is 1. The molecular formula is C16H35N3O2. The Hall–Kier alpha value is -0.810. The minimum absolute atomic E-state index is 0.677. The fourth-order valence-corrected chi connectivity index (χ4v) is 1.57. The van der Waals surface area contributed by atoms with Crippen LogP contribution < -0.4 is 10.6 Å². The van der Waals surface area contributed by atoms with Crippen LogP contribution in [0.3, 0.4) is 0 Å². The van der Waals surface area contributed by atoms with Gasteiger partial charge in [-0.05, 0) is 25.7 Å². The summed E-state index contributed by atoms with van der Waals surface area (Å²) in [4.78, 5) is 4.48. The quantitative estimate of drug-likeness (QED) is 0.312. The first-order chi connectivity index (χ1) is 10.2. The van der Waals surface area contributed by atoms with Crippen LogP contribution in [-0.2, 0) is 9.47 Å². The van der Waals surface area contributed by atoms with Crippen LogP contribution >= 0.6 is 0 Å². The van der Waals surface area contributed by atoms with Crippen molar-refractivity contribution in [2.75, 3.05) is 46.1 Å². The van der Waals surface area contributed by atoms with Crippen molar-refractivity contribution in [3.63, 3.8) is 0 Å². The van der Waals surface area contributed by atoms with Gasteiger partial charge in [-0.25, -0.2) is 0 Å². The average Bonchev–Trinajstić information content (AvgIpc) is 2.45. The molecule has 0 fully saturated rings. The van der Waals surface area contributed by atoms with Gasteiger partial charge in [0, 0.05) is 26.3 Å². The standard InChI is InChI=1S/C16H35N3O2/c1-5-7-11-20-13-9-18-16(17-6-2)19-10-14-21-12-8-15(3)4/h15H,5-14H2,1-4H3,(H2,17,18,19). The van der Waals surface area contributed by atoms with E-state index in [4.69, 9.17) is 9.47 Å². The first-order valence-corrected chi connectivity index (χ1v) is 8.38. The Bertz CT molecular complexity index is 246. The van der Waals surface area contributed by atoms with E-state index >= 15 is 0 Å². The summed E-state index contributed by atoms with van der Waals surface area (Å²) in [6.45, 7) is 14.0. The second kappa shape index (κ2) is 15.6. The van der Waals surface area contributed by atoms with E-state index in [0.29, 0.717) is 19.1 Å². The number of guanidine groups is 1. The first-order valence-electron chi connectivity index (χ1n) is 8.38. The molecule has 0 atom stereocenters. The van der Waals surface area contributed by atoms with Crippen LogP contribution in [0.2, 0.25) is 0 Å². The molecule has 0 aromatic heterocycles. The maximum absolute atomic E-state index is 5.56. The molecule has 0 saturated carbocycles. The van der Waals surface area contributed by atoms with Gasteiger partial charge in [0.25, 0.3) is 0 Å². The number of nitrogens with one attached hydrogen (secondary N) is 2. The normalized spacial score (nSPS) is 12.0. The predicted molar refractivity (Wildman–Crippen MR) is 90.0 cm³/mol. The molecule has 0 heterocycles. The van der Waals surface area contributed by atoms with Crippen LogP contribution in [0.25, 0.3) is 0 Å². The molecule has 0 aliphatic rings. The van der Waals surface area contributed by atoms with E-state index < -0.39 is 0 Å². The molecule has 0 aliphatic heterocycles. The van der Waals surface area contributed by atoms with Gasteiger partial charge in [-0.2, -0.15) is 0 Å². The molecule has 126 valence electrons. The fraction of sp³-hybridized carbons (Fsp3) is 0.938. The van der Waals surface area contributed by atoms with Gasteiger partial charge in [0.05, 0.1) is 19.8 Å². The van der Waals surface area contributed by atoms with E-state index in [2.05, 4.69) is 43.3 Å². The summed E-state index contributed by atoms with van der Waals surface area (Å²) in [5.74, 6) is 1.53. The molecule has 21 heavy (non-hydrogen) atoms. The Balaban J connectivity index is 3.65. The molecule has 0 saturated heterocycles. The van der Waals surface area contributed by atoms with E-state index in [-0.39, 0.29) is 0 Å². The smallest absolute Gasteiger partial charge is 0.191 e. The van der Waals surface area contributed by atoms with Crippen molar-refractivity contribution in [2.45, 2.75) is 47.0 Å². The second-order valence-corrected chi connectivity index (χ2v) is 5.45. The Kier molecular flexibility index (Phi) is 15.0. The summed E-state index contributed by atoms with van der Waals surface area (Å²) >= 11 is 0. The van der Waals surface area contributed by atoms with Crippen LogP contribution in [0, 0.1) is 5.92 Å². The summed E-state index contributed by atoms with van der Waals surface area (Å²) in [6, 6.07) is 0. The van der Waals surface area contributed by atoms with Crippen molar-refractivity contribution in [2.24, 2.45) is 10.9 Å². The molecule has 0 amide bonds. The lowest BCUT2D eigenvalue weighted by atomic mass is 10.1. The number of rotatable bonds is 13. The third-order valence-electron chi connectivity index (χ3n) is 2.87. The molecule has 5 nitrogen and oxygen atoms in total. The largest absolute Gasteiger partial charge is 0.380 e. The van der Waals surface area contributed by atoms with Crippen LogP contribution in [0.4, 0.5) is 0 Å². The summed E-state index contributed by atoms with van der Waals surface area (Å²) in [5.41, 5.74) is 0. The molecule has 5 heteroatoms. The van der Waals surface area contributed by atoms with Gasteiger partial charge in [-0.3, -0.25) is 4.99 Å². The zero-order valence-corrected chi connectivity index (χ0v) is 14.4. The number of unbranched alkanes of at least 4 members (excludes halogenated alkanes) is 1. The monoisotopic (exact) mass is 301 g/mol. The Morgan fingerprint density at radius 1 is 1.00 bits per heavy atom. The molecule has 0 aromatic carbocycles. The summed E-state index contributed by atoms with van der Waals surface area (Å²) in [7, 11) is 0. The van der Waals surface area contributed by atoms with E-state index in [9.17, 15) is 0 Å². The van der Waals surface area contributed by atoms with Gasteiger partial charge in [0.15, 0.2) is 5.96 Å². The van der Waals surface area contributed by atoms with Crippen molar-refractivity contribution >= 4 is 5.96 Å². The maximum Gasteiger partial charge on any atom is 0.191 e. The molecule has 0 rings (SSSR count). The lowest BCUT2D eigenvalue weighted by Gasteiger charge is -2.11. The number of hydrogen-bond donors (Lipinski definition) is 2. The van der Waals surface area contributed by atoms with Gasteiger partial charge >= 0.3 is 0 Å². The molecule has 0 bridgehead atoms.